The SMILES string of the molecule is Cc1occc1C(=O)N1CCOC[C@H](CO)C1. The Bertz CT molecular complexity index is 388. The zero-order valence-electron chi connectivity index (χ0n) is 9.89. The molecule has 0 unspecified atom stereocenters. The fraction of sp³-hybridized carbons (Fsp3) is 0.583. The van der Waals surface area contributed by atoms with Gasteiger partial charge in [0, 0.05) is 25.6 Å². The van der Waals surface area contributed by atoms with Crippen LogP contribution in [-0.4, -0.2) is 48.8 Å². The molecular weight excluding hydrogens is 222 g/mol. The van der Waals surface area contributed by atoms with Gasteiger partial charge in [0.2, 0.25) is 0 Å². The van der Waals surface area contributed by atoms with Crippen molar-refractivity contribution in [2.45, 2.75) is 6.92 Å². The Hall–Kier alpha value is -1.33. The first-order chi connectivity index (χ1) is 8.22. The Morgan fingerprint density at radius 2 is 2.47 bits per heavy atom. The molecule has 1 amide bonds. The number of carbonyl (C=O) groups excluding carboxylic acids is 1. The van der Waals surface area contributed by atoms with Crippen LogP contribution in [0.25, 0.3) is 0 Å². The average molecular weight is 239 g/mol. The van der Waals surface area contributed by atoms with Crippen molar-refractivity contribution in [3.8, 4) is 0 Å². The molecule has 0 saturated carbocycles. The standard InChI is InChI=1S/C12H17NO4/c1-9-11(2-4-17-9)12(15)13-3-5-16-8-10(6-13)7-14/h2,4,10,14H,3,5-8H2,1H3/t10-/m0/s1. The van der Waals surface area contributed by atoms with Crippen molar-refractivity contribution in [2.24, 2.45) is 5.92 Å². The number of aliphatic hydroxyl groups excluding tert-OH is 1. The number of rotatable bonds is 2. The highest BCUT2D eigenvalue weighted by atomic mass is 16.5. The molecule has 5 nitrogen and oxygen atoms in total. The molecule has 1 fully saturated rings. The maximum Gasteiger partial charge on any atom is 0.257 e. The molecule has 17 heavy (non-hydrogen) atoms. The lowest BCUT2D eigenvalue weighted by Gasteiger charge is -2.22. The van der Waals surface area contributed by atoms with E-state index in [9.17, 15) is 4.79 Å². The number of amides is 1. The zero-order chi connectivity index (χ0) is 12.3. The van der Waals surface area contributed by atoms with Gasteiger partial charge in [0.15, 0.2) is 0 Å². The van der Waals surface area contributed by atoms with Crippen LogP contribution in [0, 0.1) is 12.8 Å². The van der Waals surface area contributed by atoms with Crippen molar-refractivity contribution in [1.29, 1.82) is 0 Å². The molecule has 0 bridgehead atoms. The van der Waals surface area contributed by atoms with Gasteiger partial charge in [-0.3, -0.25) is 4.79 Å². The molecule has 1 saturated heterocycles. The largest absolute Gasteiger partial charge is 0.469 e. The predicted molar refractivity (Wildman–Crippen MR) is 60.7 cm³/mol. The highest BCUT2D eigenvalue weighted by Gasteiger charge is 2.24. The summed E-state index contributed by atoms with van der Waals surface area (Å²) in [6.07, 6.45) is 1.51. The van der Waals surface area contributed by atoms with Crippen LogP contribution in [0.3, 0.4) is 0 Å². The van der Waals surface area contributed by atoms with Gasteiger partial charge in [-0.05, 0) is 13.0 Å². The Balaban J connectivity index is 2.10. The van der Waals surface area contributed by atoms with Crippen LogP contribution in [0.4, 0.5) is 0 Å². The molecule has 94 valence electrons. The third-order valence-electron chi connectivity index (χ3n) is 2.97. The minimum atomic E-state index is -0.0554. The molecule has 0 aliphatic carbocycles. The number of hydrogen-bond donors (Lipinski definition) is 1. The van der Waals surface area contributed by atoms with E-state index < -0.39 is 0 Å². The summed E-state index contributed by atoms with van der Waals surface area (Å²) in [4.78, 5) is 13.9. The van der Waals surface area contributed by atoms with Crippen LogP contribution in [0.15, 0.2) is 16.7 Å². The van der Waals surface area contributed by atoms with Gasteiger partial charge < -0.3 is 19.2 Å². The van der Waals surface area contributed by atoms with Gasteiger partial charge >= 0.3 is 0 Å². The summed E-state index contributed by atoms with van der Waals surface area (Å²) in [6.45, 7) is 3.91. The Morgan fingerprint density at radius 3 is 3.12 bits per heavy atom. The van der Waals surface area contributed by atoms with Gasteiger partial charge in [0.05, 0.1) is 25.0 Å². The van der Waals surface area contributed by atoms with Crippen molar-refractivity contribution in [2.75, 3.05) is 32.9 Å². The first kappa shape index (κ1) is 12.1. The van der Waals surface area contributed by atoms with E-state index in [-0.39, 0.29) is 18.4 Å². The van der Waals surface area contributed by atoms with Crippen LogP contribution in [0.1, 0.15) is 16.1 Å². The minimum absolute atomic E-state index is 0.00587. The van der Waals surface area contributed by atoms with E-state index in [0.717, 1.165) is 0 Å². The molecule has 2 heterocycles. The third-order valence-corrected chi connectivity index (χ3v) is 2.97. The molecule has 1 aromatic heterocycles. The molecule has 1 aliphatic heterocycles. The fourth-order valence-electron chi connectivity index (χ4n) is 1.95. The highest BCUT2D eigenvalue weighted by Crippen LogP contribution is 2.15. The monoisotopic (exact) mass is 239 g/mol. The van der Waals surface area contributed by atoms with E-state index in [1.807, 2.05) is 0 Å². The number of furan rings is 1. The Morgan fingerprint density at radius 1 is 1.65 bits per heavy atom. The smallest absolute Gasteiger partial charge is 0.257 e. The third kappa shape index (κ3) is 2.68. The summed E-state index contributed by atoms with van der Waals surface area (Å²) >= 11 is 0. The van der Waals surface area contributed by atoms with Gasteiger partial charge in [-0.15, -0.1) is 0 Å². The maximum absolute atomic E-state index is 12.2. The fourth-order valence-corrected chi connectivity index (χ4v) is 1.95. The first-order valence-electron chi connectivity index (χ1n) is 5.74. The second-order valence-electron chi connectivity index (χ2n) is 4.27. The molecule has 1 aromatic rings. The van der Waals surface area contributed by atoms with Gasteiger partial charge in [-0.1, -0.05) is 0 Å². The Labute approximate surface area is 100.0 Å². The van der Waals surface area contributed by atoms with Crippen molar-refractivity contribution in [1.82, 2.24) is 4.90 Å². The summed E-state index contributed by atoms with van der Waals surface area (Å²) in [5.41, 5.74) is 0.587. The number of carbonyl (C=O) groups is 1. The number of ether oxygens (including phenoxy) is 1. The van der Waals surface area contributed by atoms with E-state index >= 15 is 0 Å². The number of hydrogen-bond acceptors (Lipinski definition) is 4. The molecule has 1 atom stereocenters. The summed E-state index contributed by atoms with van der Waals surface area (Å²) in [5.74, 6) is 0.564. The van der Waals surface area contributed by atoms with Gasteiger partial charge in [-0.2, -0.15) is 0 Å². The maximum atomic E-state index is 12.2. The van der Waals surface area contributed by atoms with Crippen molar-refractivity contribution in [3.05, 3.63) is 23.7 Å². The minimum Gasteiger partial charge on any atom is -0.469 e. The second kappa shape index (κ2) is 5.33. The van der Waals surface area contributed by atoms with Crippen LogP contribution in [-0.2, 0) is 4.74 Å². The van der Waals surface area contributed by atoms with Crippen molar-refractivity contribution in [3.63, 3.8) is 0 Å². The first-order valence-corrected chi connectivity index (χ1v) is 5.74. The second-order valence-corrected chi connectivity index (χ2v) is 4.27. The highest BCUT2D eigenvalue weighted by molar-refractivity contribution is 5.95. The molecule has 0 spiro atoms. The van der Waals surface area contributed by atoms with E-state index in [1.54, 1.807) is 17.9 Å². The van der Waals surface area contributed by atoms with Crippen LogP contribution in [0.2, 0.25) is 0 Å². The van der Waals surface area contributed by atoms with Gasteiger partial charge in [0.25, 0.3) is 5.91 Å². The van der Waals surface area contributed by atoms with Crippen LogP contribution < -0.4 is 0 Å². The van der Waals surface area contributed by atoms with Crippen molar-refractivity contribution < 1.29 is 19.1 Å². The number of nitrogens with zero attached hydrogens (tertiary/aromatic N) is 1. The Kier molecular flexibility index (Phi) is 3.81. The average Bonchev–Trinajstić information content (AvgIpc) is 2.63. The predicted octanol–water partition coefficient (Wildman–Crippen LogP) is 0.669. The van der Waals surface area contributed by atoms with Gasteiger partial charge in [0.1, 0.15) is 5.76 Å². The lowest BCUT2D eigenvalue weighted by atomic mass is 10.1. The molecule has 1 N–H and O–H groups in total. The summed E-state index contributed by atoms with van der Waals surface area (Å²) in [5, 5.41) is 9.16. The summed E-state index contributed by atoms with van der Waals surface area (Å²) in [7, 11) is 0. The summed E-state index contributed by atoms with van der Waals surface area (Å²) in [6, 6.07) is 1.68. The summed E-state index contributed by atoms with van der Waals surface area (Å²) < 4.78 is 10.5. The molecule has 5 heteroatoms. The van der Waals surface area contributed by atoms with Crippen molar-refractivity contribution >= 4 is 5.91 Å². The topological polar surface area (TPSA) is 62.9 Å². The molecule has 0 aromatic carbocycles. The van der Waals surface area contributed by atoms with Crippen LogP contribution >= 0.6 is 0 Å². The number of aliphatic hydroxyl groups is 1. The van der Waals surface area contributed by atoms with E-state index in [1.165, 1.54) is 6.26 Å². The normalized spacial score (nSPS) is 21.3. The zero-order valence-corrected chi connectivity index (χ0v) is 9.89. The molecule has 0 radical (unpaired) electrons. The molecule has 2 rings (SSSR count). The number of aryl methyl sites for hydroxylation is 1. The molecular formula is C12H17NO4. The van der Waals surface area contributed by atoms with E-state index in [2.05, 4.69) is 0 Å². The van der Waals surface area contributed by atoms with E-state index in [0.29, 0.717) is 37.6 Å². The quantitative estimate of drug-likeness (QED) is 0.824. The molecule has 1 aliphatic rings. The van der Waals surface area contributed by atoms with Gasteiger partial charge in [-0.25, -0.2) is 0 Å². The van der Waals surface area contributed by atoms with E-state index in [4.69, 9.17) is 14.3 Å². The van der Waals surface area contributed by atoms with Crippen LogP contribution in [0.5, 0.6) is 0 Å². The lowest BCUT2D eigenvalue weighted by molar-refractivity contribution is 0.0726. The lowest BCUT2D eigenvalue weighted by Crippen LogP contribution is -2.36.